The fraction of sp³-hybridized carbons (Fsp3) is 0.400. The van der Waals surface area contributed by atoms with E-state index in [0.29, 0.717) is 42.5 Å². The lowest BCUT2D eigenvalue weighted by Crippen LogP contribution is -2.54. The number of amides is 3. The first-order chi connectivity index (χ1) is 16.3. The number of nitrogens with zero attached hydrogens (tertiary/aromatic N) is 2. The number of piperazine rings is 1. The number of nitrogens with one attached hydrogen (secondary N) is 2. The van der Waals surface area contributed by atoms with Gasteiger partial charge < -0.3 is 25.2 Å². The average Bonchev–Trinajstić information content (AvgIpc) is 2.85. The molecule has 0 spiro atoms. The van der Waals surface area contributed by atoms with E-state index in [4.69, 9.17) is 16.3 Å². The molecule has 0 radical (unpaired) electrons. The molecule has 0 bridgehead atoms. The highest BCUT2D eigenvalue weighted by Gasteiger charge is 2.27. The molecule has 0 aliphatic carbocycles. The molecule has 2 aromatic carbocycles. The van der Waals surface area contributed by atoms with Gasteiger partial charge in [-0.2, -0.15) is 0 Å². The van der Waals surface area contributed by atoms with Crippen LogP contribution in [0.1, 0.15) is 24.2 Å². The van der Waals surface area contributed by atoms with E-state index in [1.54, 1.807) is 29.2 Å². The SMILES string of the molecule is COc1ccccc1C(=O)NC(C(=O)NCC(=O)N1CCN(c2ccc(Cl)cc2)CC1)C(C)C. The highest BCUT2D eigenvalue weighted by Crippen LogP contribution is 2.20. The molecule has 1 heterocycles. The number of hydrogen-bond donors (Lipinski definition) is 2. The van der Waals surface area contributed by atoms with Crippen molar-refractivity contribution in [1.82, 2.24) is 15.5 Å². The summed E-state index contributed by atoms with van der Waals surface area (Å²) in [4.78, 5) is 42.2. The van der Waals surface area contributed by atoms with Crippen molar-refractivity contribution in [3.8, 4) is 5.75 Å². The van der Waals surface area contributed by atoms with Crippen LogP contribution in [0, 0.1) is 5.92 Å². The number of methoxy groups -OCH3 is 1. The fourth-order valence-corrected chi connectivity index (χ4v) is 3.96. The molecule has 3 rings (SSSR count). The monoisotopic (exact) mass is 486 g/mol. The maximum absolute atomic E-state index is 12.8. The van der Waals surface area contributed by atoms with Crippen LogP contribution < -0.4 is 20.3 Å². The van der Waals surface area contributed by atoms with Gasteiger partial charge in [0.2, 0.25) is 11.8 Å². The van der Waals surface area contributed by atoms with Gasteiger partial charge in [-0.15, -0.1) is 0 Å². The van der Waals surface area contributed by atoms with Gasteiger partial charge in [0.05, 0.1) is 19.2 Å². The second-order valence-corrected chi connectivity index (χ2v) is 8.89. The third-order valence-electron chi connectivity index (χ3n) is 5.83. The van der Waals surface area contributed by atoms with Crippen LogP contribution in [0.4, 0.5) is 5.69 Å². The quantitative estimate of drug-likeness (QED) is 0.598. The molecule has 1 saturated heterocycles. The molecule has 8 nitrogen and oxygen atoms in total. The number of carbonyl (C=O) groups is 3. The number of halogens is 1. The average molecular weight is 487 g/mol. The summed E-state index contributed by atoms with van der Waals surface area (Å²) in [6.45, 7) is 6.09. The smallest absolute Gasteiger partial charge is 0.255 e. The molecular weight excluding hydrogens is 456 g/mol. The lowest BCUT2D eigenvalue weighted by Gasteiger charge is -2.36. The fourth-order valence-electron chi connectivity index (χ4n) is 3.84. The van der Waals surface area contributed by atoms with Gasteiger partial charge in [-0.1, -0.05) is 37.6 Å². The maximum atomic E-state index is 12.8. The minimum absolute atomic E-state index is 0.118. The van der Waals surface area contributed by atoms with E-state index in [1.165, 1.54) is 7.11 Å². The van der Waals surface area contributed by atoms with E-state index in [9.17, 15) is 14.4 Å². The van der Waals surface area contributed by atoms with Gasteiger partial charge in [-0.3, -0.25) is 14.4 Å². The molecule has 1 unspecified atom stereocenters. The van der Waals surface area contributed by atoms with Crippen molar-refractivity contribution >= 4 is 35.0 Å². The Kier molecular flexibility index (Phi) is 8.76. The molecule has 2 N–H and O–H groups in total. The molecular formula is C25H31ClN4O4. The molecule has 34 heavy (non-hydrogen) atoms. The minimum atomic E-state index is -0.785. The van der Waals surface area contributed by atoms with Gasteiger partial charge in [-0.05, 0) is 42.3 Å². The van der Waals surface area contributed by atoms with Crippen LogP contribution in [0.2, 0.25) is 5.02 Å². The summed E-state index contributed by atoms with van der Waals surface area (Å²) >= 11 is 5.96. The first-order valence-electron chi connectivity index (χ1n) is 11.3. The maximum Gasteiger partial charge on any atom is 0.255 e. The van der Waals surface area contributed by atoms with Gasteiger partial charge in [0, 0.05) is 36.9 Å². The van der Waals surface area contributed by atoms with Crippen molar-refractivity contribution in [3.63, 3.8) is 0 Å². The third kappa shape index (κ3) is 6.41. The lowest BCUT2D eigenvalue weighted by atomic mass is 10.0. The Hall–Kier alpha value is -3.26. The number of para-hydroxylation sites is 1. The number of anilines is 1. The summed E-state index contributed by atoms with van der Waals surface area (Å²) < 4.78 is 5.24. The molecule has 9 heteroatoms. The van der Waals surface area contributed by atoms with Crippen molar-refractivity contribution < 1.29 is 19.1 Å². The second kappa shape index (κ2) is 11.7. The molecule has 3 amide bonds. The van der Waals surface area contributed by atoms with E-state index >= 15 is 0 Å². The third-order valence-corrected chi connectivity index (χ3v) is 6.08. The summed E-state index contributed by atoms with van der Waals surface area (Å²) in [6.07, 6.45) is 0. The molecule has 182 valence electrons. The molecule has 0 saturated carbocycles. The van der Waals surface area contributed by atoms with Crippen molar-refractivity contribution in [2.45, 2.75) is 19.9 Å². The van der Waals surface area contributed by atoms with E-state index in [2.05, 4.69) is 15.5 Å². The van der Waals surface area contributed by atoms with Gasteiger partial charge in [-0.25, -0.2) is 0 Å². The second-order valence-electron chi connectivity index (χ2n) is 8.46. The van der Waals surface area contributed by atoms with E-state index in [1.807, 2.05) is 38.1 Å². The predicted octanol–water partition coefficient (Wildman–Crippen LogP) is 2.57. The summed E-state index contributed by atoms with van der Waals surface area (Å²) in [5.41, 5.74) is 1.41. The van der Waals surface area contributed by atoms with Gasteiger partial charge >= 0.3 is 0 Å². The summed E-state index contributed by atoms with van der Waals surface area (Å²) in [5, 5.41) is 6.14. The van der Waals surface area contributed by atoms with Crippen molar-refractivity contribution in [1.29, 1.82) is 0 Å². The Labute approximate surface area is 205 Å². The van der Waals surface area contributed by atoms with Crippen molar-refractivity contribution in [2.75, 3.05) is 44.7 Å². The van der Waals surface area contributed by atoms with Crippen LogP contribution in [-0.4, -0.2) is 68.5 Å². The topological polar surface area (TPSA) is 91.0 Å². The molecule has 2 aromatic rings. The van der Waals surface area contributed by atoms with Gasteiger partial charge in [0.15, 0.2) is 0 Å². The molecule has 0 aromatic heterocycles. The van der Waals surface area contributed by atoms with Crippen LogP contribution >= 0.6 is 11.6 Å². The highest BCUT2D eigenvalue weighted by atomic mass is 35.5. The van der Waals surface area contributed by atoms with Crippen LogP contribution in [0.25, 0.3) is 0 Å². The van der Waals surface area contributed by atoms with Crippen molar-refractivity contribution in [2.24, 2.45) is 5.92 Å². The zero-order chi connectivity index (χ0) is 24.7. The normalized spacial score (nSPS) is 14.5. The predicted molar refractivity (Wildman–Crippen MR) is 132 cm³/mol. The van der Waals surface area contributed by atoms with E-state index in [-0.39, 0.29) is 18.4 Å². The Morgan fingerprint density at radius 3 is 2.26 bits per heavy atom. The zero-order valence-corrected chi connectivity index (χ0v) is 20.5. The highest BCUT2D eigenvalue weighted by molar-refractivity contribution is 6.30. The molecule has 1 aliphatic rings. The molecule has 1 aliphatic heterocycles. The van der Waals surface area contributed by atoms with Crippen LogP contribution in [-0.2, 0) is 9.59 Å². The number of hydrogen-bond acceptors (Lipinski definition) is 5. The largest absolute Gasteiger partial charge is 0.496 e. The minimum Gasteiger partial charge on any atom is -0.496 e. The van der Waals surface area contributed by atoms with Crippen LogP contribution in [0.5, 0.6) is 5.75 Å². The standard InChI is InChI=1S/C25H31ClN4O4/c1-17(2)23(28-24(32)20-6-4-5-7-21(20)34-3)25(33)27-16-22(31)30-14-12-29(13-15-30)19-10-8-18(26)9-11-19/h4-11,17,23H,12-16H2,1-3H3,(H,27,33)(H,28,32). The molecule has 1 atom stereocenters. The summed E-state index contributed by atoms with van der Waals surface area (Å²) in [7, 11) is 1.49. The summed E-state index contributed by atoms with van der Waals surface area (Å²) in [6, 6.07) is 13.7. The number of ether oxygens (including phenoxy) is 1. The molecule has 1 fully saturated rings. The number of carbonyl (C=O) groups excluding carboxylic acids is 3. The number of rotatable bonds is 8. The Morgan fingerprint density at radius 2 is 1.65 bits per heavy atom. The number of benzene rings is 2. The first-order valence-corrected chi connectivity index (χ1v) is 11.7. The lowest BCUT2D eigenvalue weighted by molar-refractivity contribution is -0.133. The van der Waals surface area contributed by atoms with E-state index < -0.39 is 17.9 Å². The van der Waals surface area contributed by atoms with Gasteiger partial charge in [0.25, 0.3) is 5.91 Å². The first kappa shape index (κ1) is 25.4. The Balaban J connectivity index is 1.51. The van der Waals surface area contributed by atoms with Crippen LogP contribution in [0.3, 0.4) is 0 Å². The summed E-state index contributed by atoms with van der Waals surface area (Å²) in [5.74, 6) is -0.697. The van der Waals surface area contributed by atoms with Crippen molar-refractivity contribution in [3.05, 3.63) is 59.1 Å². The van der Waals surface area contributed by atoms with Gasteiger partial charge in [0.1, 0.15) is 11.8 Å². The Morgan fingerprint density at radius 1 is 1.00 bits per heavy atom. The zero-order valence-electron chi connectivity index (χ0n) is 19.7. The Bertz CT molecular complexity index is 1000. The van der Waals surface area contributed by atoms with Crippen LogP contribution in [0.15, 0.2) is 48.5 Å². The van der Waals surface area contributed by atoms with E-state index in [0.717, 1.165) is 5.69 Å².